The Labute approximate surface area is 191 Å². The lowest BCUT2D eigenvalue weighted by molar-refractivity contribution is -0.144. The Kier molecular flexibility index (Phi) is 7.44. The first-order valence-corrected chi connectivity index (χ1v) is 9.85. The molecule has 3 aromatic rings. The van der Waals surface area contributed by atoms with Gasteiger partial charge in [0.15, 0.2) is 11.9 Å². The molecule has 1 atom stereocenters. The van der Waals surface area contributed by atoms with E-state index in [4.69, 9.17) is 31.0 Å². The fraction of sp³-hybridized carbons (Fsp3) is 0.130. The third kappa shape index (κ3) is 6.63. The van der Waals surface area contributed by atoms with Crippen molar-refractivity contribution in [2.45, 2.75) is 19.2 Å². The van der Waals surface area contributed by atoms with Crippen LogP contribution >= 0.6 is 11.6 Å². The van der Waals surface area contributed by atoms with Gasteiger partial charge in [-0.1, -0.05) is 35.0 Å². The number of carboxylic acid groups (broad SMARTS) is 1. The van der Waals surface area contributed by atoms with Gasteiger partial charge in [-0.25, -0.2) is 4.79 Å². The molecule has 0 amide bonds. The third-order valence-corrected chi connectivity index (χ3v) is 4.51. The molecule has 0 aliphatic carbocycles. The number of hydrogen-bond acceptors (Lipinski definition) is 5. The number of oxime groups is 1. The van der Waals surface area contributed by atoms with E-state index in [0.29, 0.717) is 11.3 Å². The van der Waals surface area contributed by atoms with E-state index < -0.39 is 23.8 Å². The lowest BCUT2D eigenvalue weighted by Crippen LogP contribution is -2.23. The largest absolute Gasteiger partial charge is 0.479 e. The zero-order valence-corrected chi connectivity index (χ0v) is 17.8. The van der Waals surface area contributed by atoms with E-state index in [-0.39, 0.29) is 22.3 Å². The molecule has 0 aliphatic rings. The monoisotopic (exact) mass is 479 g/mol. The fourth-order valence-electron chi connectivity index (χ4n) is 2.54. The Balaban J connectivity index is 1.85. The second-order valence-electron chi connectivity index (χ2n) is 6.68. The van der Waals surface area contributed by atoms with E-state index in [1.54, 1.807) is 24.3 Å². The molecular formula is C23H17ClF3NO5. The van der Waals surface area contributed by atoms with Gasteiger partial charge < -0.3 is 19.4 Å². The smallest absolute Gasteiger partial charge is 0.416 e. The van der Waals surface area contributed by atoms with Gasteiger partial charge in [-0.2, -0.15) is 13.2 Å². The van der Waals surface area contributed by atoms with Gasteiger partial charge in [0.1, 0.15) is 17.2 Å². The van der Waals surface area contributed by atoms with Crippen molar-refractivity contribution in [2.75, 3.05) is 0 Å². The van der Waals surface area contributed by atoms with Gasteiger partial charge in [0.25, 0.3) is 0 Å². The molecule has 10 heteroatoms. The highest BCUT2D eigenvalue weighted by Crippen LogP contribution is 2.37. The first kappa shape index (κ1) is 23.9. The molecule has 3 aromatic carbocycles. The molecule has 1 N–H and O–H groups in total. The van der Waals surface area contributed by atoms with Crippen molar-refractivity contribution >= 4 is 23.8 Å². The number of hydrogen-bond donors (Lipinski definition) is 1. The Morgan fingerprint density at radius 3 is 2.39 bits per heavy atom. The summed E-state index contributed by atoms with van der Waals surface area (Å²) in [5, 5.41) is 12.8. The van der Waals surface area contributed by atoms with Gasteiger partial charge in [-0.15, -0.1) is 0 Å². The molecule has 3 rings (SSSR count). The molecule has 0 spiro atoms. The number of aliphatic carboxylic acids is 1. The van der Waals surface area contributed by atoms with E-state index >= 15 is 0 Å². The maximum absolute atomic E-state index is 12.8. The molecule has 172 valence electrons. The molecule has 0 saturated heterocycles. The predicted octanol–water partition coefficient (Wildman–Crippen LogP) is 6.42. The minimum Gasteiger partial charge on any atom is -0.479 e. The van der Waals surface area contributed by atoms with Crippen LogP contribution in [0.3, 0.4) is 0 Å². The number of alkyl halides is 3. The van der Waals surface area contributed by atoms with Crippen LogP contribution in [0.25, 0.3) is 0 Å². The Hall–Kier alpha value is -3.72. The van der Waals surface area contributed by atoms with Crippen molar-refractivity contribution in [3.05, 3.63) is 82.9 Å². The zero-order chi connectivity index (χ0) is 24.0. The second kappa shape index (κ2) is 10.3. The van der Waals surface area contributed by atoms with E-state index in [1.165, 1.54) is 31.3 Å². The Morgan fingerprint density at radius 2 is 1.76 bits per heavy atom. The van der Waals surface area contributed by atoms with Crippen molar-refractivity contribution in [1.29, 1.82) is 0 Å². The number of carboxylic acids is 1. The topological polar surface area (TPSA) is 77.3 Å². The van der Waals surface area contributed by atoms with Crippen molar-refractivity contribution < 1.29 is 37.4 Å². The molecule has 0 fully saturated rings. The maximum Gasteiger partial charge on any atom is 0.416 e. The lowest BCUT2D eigenvalue weighted by Gasteiger charge is -2.15. The van der Waals surface area contributed by atoms with E-state index in [1.807, 2.05) is 6.07 Å². The second-order valence-corrected chi connectivity index (χ2v) is 7.09. The lowest BCUT2D eigenvalue weighted by atomic mass is 10.2. The van der Waals surface area contributed by atoms with Crippen LogP contribution in [0.15, 0.2) is 71.9 Å². The summed E-state index contributed by atoms with van der Waals surface area (Å²) in [4.78, 5) is 16.5. The molecule has 0 saturated carbocycles. The maximum atomic E-state index is 12.8. The average Bonchev–Trinajstić information content (AvgIpc) is 2.76. The number of rotatable bonds is 8. The molecule has 6 nitrogen and oxygen atoms in total. The summed E-state index contributed by atoms with van der Waals surface area (Å²) < 4.78 is 49.6. The third-order valence-electron chi connectivity index (χ3n) is 4.22. The molecular weight excluding hydrogens is 463 g/mol. The summed E-state index contributed by atoms with van der Waals surface area (Å²) >= 11 is 5.94. The van der Waals surface area contributed by atoms with E-state index in [2.05, 4.69) is 5.16 Å². The fourth-order valence-corrected chi connectivity index (χ4v) is 2.76. The Bertz CT molecular complexity index is 1150. The van der Waals surface area contributed by atoms with Crippen LogP contribution in [-0.2, 0) is 11.0 Å². The SMILES string of the molecule is CC(Oc1cc(Oc2ccc(C(F)(F)F)cc2Cl)ccc1C=NOc1ccccc1)C(=O)O. The first-order valence-electron chi connectivity index (χ1n) is 9.47. The van der Waals surface area contributed by atoms with Crippen LogP contribution in [0.2, 0.25) is 5.02 Å². The van der Waals surface area contributed by atoms with Gasteiger partial charge >= 0.3 is 12.1 Å². The molecule has 0 aromatic heterocycles. The number of benzene rings is 3. The number of nitrogens with zero attached hydrogens (tertiary/aromatic N) is 1. The van der Waals surface area contributed by atoms with Crippen LogP contribution in [0.5, 0.6) is 23.0 Å². The number of para-hydroxylation sites is 1. The van der Waals surface area contributed by atoms with Crippen LogP contribution in [0, 0.1) is 0 Å². The minimum atomic E-state index is -4.54. The van der Waals surface area contributed by atoms with Crippen molar-refractivity contribution in [3.8, 4) is 23.0 Å². The Morgan fingerprint density at radius 1 is 1.03 bits per heavy atom. The number of halogens is 4. The molecule has 0 aliphatic heterocycles. The number of ether oxygens (including phenoxy) is 2. The van der Waals surface area contributed by atoms with Crippen molar-refractivity contribution in [2.24, 2.45) is 5.16 Å². The van der Waals surface area contributed by atoms with Crippen molar-refractivity contribution in [1.82, 2.24) is 0 Å². The average molecular weight is 480 g/mol. The van der Waals surface area contributed by atoms with Crippen LogP contribution in [0.1, 0.15) is 18.1 Å². The van der Waals surface area contributed by atoms with E-state index in [9.17, 15) is 18.0 Å². The standard InChI is InChI=1S/C23H17ClF3NO5/c1-14(22(29)30)31-21-12-18(32-20-10-8-16(11-19(20)24)23(25,26)27)9-7-15(21)13-28-33-17-5-3-2-4-6-17/h2-14H,1H3,(H,29,30). The minimum absolute atomic E-state index is 0.0178. The highest BCUT2D eigenvalue weighted by molar-refractivity contribution is 6.32. The van der Waals surface area contributed by atoms with Crippen molar-refractivity contribution in [3.63, 3.8) is 0 Å². The van der Waals surface area contributed by atoms with Gasteiger partial charge in [-0.05, 0) is 49.4 Å². The summed E-state index contributed by atoms with van der Waals surface area (Å²) in [5.74, 6) is -0.463. The number of carbonyl (C=O) groups is 1. The van der Waals surface area contributed by atoms with Gasteiger partial charge in [0.2, 0.25) is 0 Å². The summed E-state index contributed by atoms with van der Waals surface area (Å²) in [6, 6.07) is 15.8. The molecule has 0 heterocycles. The van der Waals surface area contributed by atoms with Crippen LogP contribution in [0.4, 0.5) is 13.2 Å². The van der Waals surface area contributed by atoms with Crippen LogP contribution < -0.4 is 14.3 Å². The molecule has 0 radical (unpaired) electrons. The zero-order valence-electron chi connectivity index (χ0n) is 17.0. The quantitative estimate of drug-likeness (QED) is 0.298. The van der Waals surface area contributed by atoms with Gasteiger partial charge in [0, 0.05) is 11.6 Å². The summed E-state index contributed by atoms with van der Waals surface area (Å²) in [6.45, 7) is 1.34. The summed E-state index contributed by atoms with van der Waals surface area (Å²) in [5.41, 5.74) is -0.533. The van der Waals surface area contributed by atoms with Gasteiger partial charge in [-0.3, -0.25) is 0 Å². The highest BCUT2D eigenvalue weighted by Gasteiger charge is 2.31. The first-order chi connectivity index (χ1) is 15.6. The highest BCUT2D eigenvalue weighted by atomic mass is 35.5. The molecule has 33 heavy (non-hydrogen) atoms. The normalized spacial score (nSPS) is 12.4. The molecule has 1 unspecified atom stereocenters. The van der Waals surface area contributed by atoms with Gasteiger partial charge in [0.05, 0.1) is 16.8 Å². The van der Waals surface area contributed by atoms with E-state index in [0.717, 1.165) is 18.2 Å². The summed E-state index contributed by atoms with van der Waals surface area (Å²) in [6.07, 6.45) is -4.41. The predicted molar refractivity (Wildman–Crippen MR) is 115 cm³/mol. The summed E-state index contributed by atoms with van der Waals surface area (Å²) in [7, 11) is 0. The van der Waals surface area contributed by atoms with Crippen LogP contribution in [-0.4, -0.2) is 23.4 Å². The molecule has 0 bridgehead atoms.